The first-order valence-electron chi connectivity index (χ1n) is 5.49. The van der Waals surface area contributed by atoms with Gasteiger partial charge in [-0.1, -0.05) is 0 Å². The zero-order chi connectivity index (χ0) is 9.10. The molecule has 0 bridgehead atoms. The van der Waals surface area contributed by atoms with Crippen LogP contribution in [0.1, 0.15) is 25.7 Å². The van der Waals surface area contributed by atoms with E-state index < -0.39 is 0 Å². The summed E-state index contributed by atoms with van der Waals surface area (Å²) in [5.74, 6) is 0. The maximum atomic E-state index is 9.39. The topological polar surface area (TPSA) is 35.5 Å². The van der Waals surface area contributed by atoms with Crippen LogP contribution in [0.2, 0.25) is 0 Å². The highest BCUT2D eigenvalue weighted by Gasteiger charge is 2.25. The normalized spacial score (nSPS) is 37.6. The van der Waals surface area contributed by atoms with Crippen LogP contribution in [-0.4, -0.2) is 48.3 Å². The molecule has 1 heterocycles. The van der Waals surface area contributed by atoms with Crippen LogP contribution in [-0.2, 0) is 0 Å². The quantitative estimate of drug-likeness (QED) is 0.611. The molecule has 0 aromatic heterocycles. The predicted octanol–water partition coefficient (Wildman–Crippen LogP) is 0.195. The lowest BCUT2D eigenvalue weighted by Crippen LogP contribution is -2.49. The van der Waals surface area contributed by atoms with Crippen molar-refractivity contribution in [3.05, 3.63) is 0 Å². The molecule has 3 nitrogen and oxygen atoms in total. The van der Waals surface area contributed by atoms with E-state index in [-0.39, 0.29) is 6.10 Å². The van der Waals surface area contributed by atoms with Crippen LogP contribution in [0.5, 0.6) is 0 Å². The Kier molecular flexibility index (Phi) is 3.19. The van der Waals surface area contributed by atoms with Gasteiger partial charge in [-0.2, -0.15) is 0 Å². The van der Waals surface area contributed by atoms with E-state index >= 15 is 0 Å². The molecule has 1 saturated carbocycles. The van der Waals surface area contributed by atoms with E-state index in [4.69, 9.17) is 0 Å². The van der Waals surface area contributed by atoms with Gasteiger partial charge in [0.05, 0.1) is 6.10 Å². The Balaban J connectivity index is 1.79. The third-order valence-corrected chi connectivity index (χ3v) is 3.33. The molecule has 0 atom stereocenters. The van der Waals surface area contributed by atoms with Crippen molar-refractivity contribution in [3.63, 3.8) is 0 Å². The van der Waals surface area contributed by atoms with E-state index in [9.17, 15) is 5.11 Å². The number of nitrogens with one attached hydrogen (secondary N) is 1. The SMILES string of the molecule is OC1CCC(N2CCNCC2)CC1. The fraction of sp³-hybridized carbons (Fsp3) is 1.00. The molecule has 0 aromatic rings. The number of aliphatic hydroxyl groups excluding tert-OH is 1. The first-order chi connectivity index (χ1) is 6.36. The standard InChI is InChI=1S/C10H20N2O/c13-10-3-1-9(2-4-10)12-7-5-11-6-8-12/h9-11,13H,1-8H2. The van der Waals surface area contributed by atoms with Crippen molar-refractivity contribution in [2.24, 2.45) is 0 Å². The second-order valence-corrected chi connectivity index (χ2v) is 4.25. The maximum Gasteiger partial charge on any atom is 0.0541 e. The van der Waals surface area contributed by atoms with Gasteiger partial charge in [-0.3, -0.25) is 4.90 Å². The molecular formula is C10H20N2O. The Labute approximate surface area is 80.1 Å². The second kappa shape index (κ2) is 4.40. The molecule has 0 radical (unpaired) electrons. The molecular weight excluding hydrogens is 164 g/mol. The summed E-state index contributed by atoms with van der Waals surface area (Å²) in [5, 5.41) is 12.8. The minimum atomic E-state index is -0.0147. The van der Waals surface area contributed by atoms with Crippen molar-refractivity contribution >= 4 is 0 Å². The van der Waals surface area contributed by atoms with Gasteiger partial charge in [0.1, 0.15) is 0 Å². The van der Waals surface area contributed by atoms with Crippen LogP contribution < -0.4 is 5.32 Å². The highest BCUT2D eigenvalue weighted by molar-refractivity contribution is 4.81. The molecule has 0 spiro atoms. The number of hydrogen-bond donors (Lipinski definition) is 2. The minimum Gasteiger partial charge on any atom is -0.393 e. The zero-order valence-electron chi connectivity index (χ0n) is 8.21. The number of nitrogens with zero attached hydrogens (tertiary/aromatic N) is 1. The van der Waals surface area contributed by atoms with E-state index in [1.54, 1.807) is 0 Å². The van der Waals surface area contributed by atoms with Crippen molar-refractivity contribution < 1.29 is 5.11 Å². The Hall–Kier alpha value is -0.120. The fourth-order valence-corrected chi connectivity index (χ4v) is 2.47. The summed E-state index contributed by atoms with van der Waals surface area (Å²) in [7, 11) is 0. The van der Waals surface area contributed by atoms with Gasteiger partial charge in [-0.15, -0.1) is 0 Å². The molecule has 1 aliphatic heterocycles. The van der Waals surface area contributed by atoms with Crippen molar-refractivity contribution in [2.45, 2.75) is 37.8 Å². The van der Waals surface area contributed by atoms with Gasteiger partial charge in [0.25, 0.3) is 0 Å². The van der Waals surface area contributed by atoms with Gasteiger partial charge in [0.2, 0.25) is 0 Å². The number of rotatable bonds is 1. The Morgan fingerprint density at radius 1 is 1.00 bits per heavy atom. The number of aliphatic hydroxyl groups is 1. The van der Waals surface area contributed by atoms with Gasteiger partial charge in [-0.25, -0.2) is 0 Å². The van der Waals surface area contributed by atoms with E-state index in [0.29, 0.717) is 0 Å². The Morgan fingerprint density at radius 3 is 2.23 bits per heavy atom. The highest BCUT2D eigenvalue weighted by atomic mass is 16.3. The summed E-state index contributed by atoms with van der Waals surface area (Å²) in [6.07, 6.45) is 4.39. The largest absolute Gasteiger partial charge is 0.393 e. The van der Waals surface area contributed by atoms with E-state index in [1.807, 2.05) is 0 Å². The molecule has 2 N–H and O–H groups in total. The summed E-state index contributed by atoms with van der Waals surface area (Å²) in [6, 6.07) is 0.755. The summed E-state index contributed by atoms with van der Waals surface area (Å²) in [4.78, 5) is 2.59. The average Bonchev–Trinajstić information content (AvgIpc) is 2.20. The van der Waals surface area contributed by atoms with Gasteiger partial charge in [0.15, 0.2) is 0 Å². The van der Waals surface area contributed by atoms with Crippen molar-refractivity contribution in [1.29, 1.82) is 0 Å². The van der Waals surface area contributed by atoms with Crippen molar-refractivity contribution in [2.75, 3.05) is 26.2 Å². The molecule has 2 fully saturated rings. The third-order valence-electron chi connectivity index (χ3n) is 3.33. The van der Waals surface area contributed by atoms with Crippen LogP contribution in [0.4, 0.5) is 0 Å². The zero-order valence-corrected chi connectivity index (χ0v) is 8.21. The fourth-order valence-electron chi connectivity index (χ4n) is 2.47. The highest BCUT2D eigenvalue weighted by Crippen LogP contribution is 2.23. The predicted molar refractivity (Wildman–Crippen MR) is 52.7 cm³/mol. The lowest BCUT2D eigenvalue weighted by molar-refractivity contribution is 0.0682. The summed E-state index contributed by atoms with van der Waals surface area (Å²) >= 11 is 0. The smallest absolute Gasteiger partial charge is 0.0541 e. The van der Waals surface area contributed by atoms with Crippen molar-refractivity contribution in [3.8, 4) is 0 Å². The average molecular weight is 184 g/mol. The van der Waals surface area contributed by atoms with Gasteiger partial charge < -0.3 is 10.4 Å². The molecule has 0 aromatic carbocycles. The van der Waals surface area contributed by atoms with E-state index in [0.717, 1.165) is 32.0 Å². The van der Waals surface area contributed by atoms with E-state index in [2.05, 4.69) is 10.2 Å². The van der Waals surface area contributed by atoms with Gasteiger partial charge >= 0.3 is 0 Å². The molecule has 0 unspecified atom stereocenters. The summed E-state index contributed by atoms with van der Waals surface area (Å²) in [6.45, 7) is 4.67. The second-order valence-electron chi connectivity index (χ2n) is 4.25. The molecule has 2 rings (SSSR count). The summed E-state index contributed by atoms with van der Waals surface area (Å²) < 4.78 is 0. The summed E-state index contributed by atoms with van der Waals surface area (Å²) in [5.41, 5.74) is 0. The molecule has 1 aliphatic carbocycles. The lowest BCUT2D eigenvalue weighted by atomic mass is 9.92. The number of hydrogen-bond acceptors (Lipinski definition) is 3. The number of piperazine rings is 1. The molecule has 2 aliphatic rings. The van der Waals surface area contributed by atoms with E-state index in [1.165, 1.54) is 25.9 Å². The third kappa shape index (κ3) is 2.42. The van der Waals surface area contributed by atoms with Gasteiger partial charge in [-0.05, 0) is 25.7 Å². The van der Waals surface area contributed by atoms with Crippen LogP contribution in [0.3, 0.4) is 0 Å². The molecule has 76 valence electrons. The maximum absolute atomic E-state index is 9.39. The molecule has 3 heteroatoms. The van der Waals surface area contributed by atoms with Gasteiger partial charge in [0, 0.05) is 32.2 Å². The Bertz CT molecular complexity index is 149. The Morgan fingerprint density at radius 2 is 1.62 bits per heavy atom. The molecule has 0 amide bonds. The van der Waals surface area contributed by atoms with Crippen LogP contribution in [0, 0.1) is 0 Å². The first-order valence-corrected chi connectivity index (χ1v) is 5.49. The van der Waals surface area contributed by atoms with Crippen LogP contribution in [0.15, 0.2) is 0 Å². The first kappa shape index (κ1) is 9.44. The lowest BCUT2D eigenvalue weighted by Gasteiger charge is -2.38. The minimum absolute atomic E-state index is 0.0147. The molecule has 13 heavy (non-hydrogen) atoms. The monoisotopic (exact) mass is 184 g/mol. The van der Waals surface area contributed by atoms with Crippen molar-refractivity contribution in [1.82, 2.24) is 10.2 Å². The van der Waals surface area contributed by atoms with Crippen LogP contribution in [0.25, 0.3) is 0 Å². The van der Waals surface area contributed by atoms with Crippen LogP contribution >= 0.6 is 0 Å². The molecule has 1 saturated heterocycles.